The molecule has 3 N–H and O–H groups in total. The molecule has 0 aromatic rings. The van der Waals surface area contributed by atoms with Gasteiger partial charge in [0.1, 0.15) is 24.4 Å². The average Bonchev–Trinajstić information content (AvgIpc) is 2.51. The molecule has 1 saturated heterocycles. The number of terminal acetylenes is 1. The minimum Gasteiger partial charge on any atom is -0.394 e. The van der Waals surface area contributed by atoms with Crippen LogP contribution in [0.4, 0.5) is 0 Å². The molecule has 86 valence electrons. The van der Waals surface area contributed by atoms with Gasteiger partial charge in [-0.05, 0) is 13.8 Å². The summed E-state index contributed by atoms with van der Waals surface area (Å²) in [5, 5.41) is 27.6. The molecule has 0 aliphatic carbocycles. The lowest BCUT2D eigenvalue weighted by Crippen LogP contribution is -2.44. The Balaban J connectivity index is 2.73. The Bertz CT molecular complexity index is 257. The molecule has 0 spiro atoms. The number of aliphatic hydroxyl groups is 3. The van der Waals surface area contributed by atoms with E-state index in [-0.39, 0.29) is 0 Å². The van der Waals surface area contributed by atoms with E-state index >= 15 is 0 Å². The van der Waals surface area contributed by atoms with Crippen LogP contribution in [0.15, 0.2) is 0 Å². The Morgan fingerprint density at radius 2 is 2.00 bits per heavy atom. The predicted molar refractivity (Wildman–Crippen MR) is 51.8 cm³/mol. The third kappa shape index (κ3) is 2.68. The summed E-state index contributed by atoms with van der Waals surface area (Å²) in [6.45, 7) is 2.77. The van der Waals surface area contributed by atoms with Gasteiger partial charge in [-0.2, -0.15) is 0 Å². The SMILES string of the molecule is C#C[C@H]1OC(C)(C)O[C@H]1[C@H](O)[C@H](O)CO. The summed E-state index contributed by atoms with van der Waals surface area (Å²) in [4.78, 5) is 0. The van der Waals surface area contributed by atoms with Crippen LogP contribution in [0.5, 0.6) is 0 Å². The van der Waals surface area contributed by atoms with E-state index in [9.17, 15) is 10.2 Å². The van der Waals surface area contributed by atoms with Crippen LogP contribution in [0, 0.1) is 12.3 Å². The van der Waals surface area contributed by atoms with E-state index in [1.54, 1.807) is 13.8 Å². The smallest absolute Gasteiger partial charge is 0.165 e. The van der Waals surface area contributed by atoms with Gasteiger partial charge in [-0.1, -0.05) is 5.92 Å². The van der Waals surface area contributed by atoms with Gasteiger partial charge in [-0.3, -0.25) is 0 Å². The van der Waals surface area contributed by atoms with Crippen LogP contribution in [0.25, 0.3) is 0 Å². The van der Waals surface area contributed by atoms with E-state index in [1.165, 1.54) is 0 Å². The molecule has 1 fully saturated rings. The zero-order chi connectivity index (χ0) is 11.6. The maximum Gasteiger partial charge on any atom is 0.165 e. The van der Waals surface area contributed by atoms with Crippen molar-refractivity contribution in [2.75, 3.05) is 6.61 Å². The van der Waals surface area contributed by atoms with Crippen molar-refractivity contribution in [1.29, 1.82) is 0 Å². The highest BCUT2D eigenvalue weighted by Crippen LogP contribution is 2.30. The second kappa shape index (κ2) is 4.47. The van der Waals surface area contributed by atoms with Crippen molar-refractivity contribution in [3.63, 3.8) is 0 Å². The molecule has 0 saturated carbocycles. The van der Waals surface area contributed by atoms with Crippen molar-refractivity contribution in [2.45, 2.75) is 44.1 Å². The van der Waals surface area contributed by atoms with Gasteiger partial charge in [0.25, 0.3) is 0 Å². The molecule has 0 amide bonds. The second-order valence-corrected chi connectivity index (χ2v) is 3.93. The Labute approximate surface area is 88.6 Å². The molecule has 5 heteroatoms. The standard InChI is InChI=1S/C10H16O5/c1-4-7-9(8(13)6(12)5-11)15-10(2,3)14-7/h1,6-9,11-13H,5H2,2-3H3/t6-,7-,8-,9-/m1/s1. The zero-order valence-corrected chi connectivity index (χ0v) is 8.75. The molecule has 4 atom stereocenters. The van der Waals surface area contributed by atoms with Crippen molar-refractivity contribution in [1.82, 2.24) is 0 Å². The summed E-state index contributed by atoms with van der Waals surface area (Å²) in [7, 11) is 0. The van der Waals surface area contributed by atoms with Crippen LogP contribution >= 0.6 is 0 Å². The minimum atomic E-state index is -1.29. The molecule has 0 unspecified atom stereocenters. The van der Waals surface area contributed by atoms with E-state index in [0.29, 0.717) is 0 Å². The van der Waals surface area contributed by atoms with Gasteiger partial charge in [-0.15, -0.1) is 6.42 Å². The molecule has 1 aliphatic rings. The van der Waals surface area contributed by atoms with Crippen molar-refractivity contribution < 1.29 is 24.8 Å². The van der Waals surface area contributed by atoms with E-state index in [0.717, 1.165) is 0 Å². The van der Waals surface area contributed by atoms with Crippen molar-refractivity contribution >= 4 is 0 Å². The first kappa shape index (κ1) is 12.4. The highest BCUT2D eigenvalue weighted by molar-refractivity contribution is 5.05. The van der Waals surface area contributed by atoms with Gasteiger partial charge in [-0.25, -0.2) is 0 Å². The Morgan fingerprint density at radius 3 is 2.47 bits per heavy atom. The fourth-order valence-corrected chi connectivity index (χ4v) is 1.49. The lowest BCUT2D eigenvalue weighted by molar-refractivity contribution is -0.163. The van der Waals surface area contributed by atoms with E-state index in [2.05, 4.69) is 5.92 Å². The summed E-state index contributed by atoms with van der Waals surface area (Å²) in [5.74, 6) is 1.44. The molecular weight excluding hydrogens is 200 g/mol. The first-order chi connectivity index (χ1) is 6.91. The van der Waals surface area contributed by atoms with Crippen LogP contribution in [0.2, 0.25) is 0 Å². The summed E-state index contributed by atoms with van der Waals surface area (Å²) < 4.78 is 10.7. The normalized spacial score (nSPS) is 33.3. The predicted octanol–water partition coefficient (Wildman–Crippen LogP) is -1.15. The highest BCUT2D eigenvalue weighted by atomic mass is 16.8. The molecule has 1 heterocycles. The van der Waals surface area contributed by atoms with Crippen molar-refractivity contribution in [2.24, 2.45) is 0 Å². The maximum atomic E-state index is 9.64. The van der Waals surface area contributed by atoms with E-state index in [1.807, 2.05) is 0 Å². The topological polar surface area (TPSA) is 79.2 Å². The Hall–Kier alpha value is -0.640. The van der Waals surface area contributed by atoms with Gasteiger partial charge in [0.2, 0.25) is 0 Å². The molecule has 1 rings (SSSR count). The van der Waals surface area contributed by atoms with E-state index < -0.39 is 36.8 Å². The number of hydrogen-bond donors (Lipinski definition) is 3. The molecule has 15 heavy (non-hydrogen) atoms. The van der Waals surface area contributed by atoms with Crippen molar-refractivity contribution in [3.05, 3.63) is 0 Å². The lowest BCUT2D eigenvalue weighted by Gasteiger charge is -2.23. The largest absolute Gasteiger partial charge is 0.394 e. The quantitative estimate of drug-likeness (QED) is 0.519. The molecule has 0 bridgehead atoms. The van der Waals surface area contributed by atoms with Gasteiger partial charge < -0.3 is 24.8 Å². The van der Waals surface area contributed by atoms with Gasteiger partial charge >= 0.3 is 0 Å². The maximum absolute atomic E-state index is 9.64. The molecular formula is C10H16O5. The Morgan fingerprint density at radius 1 is 1.40 bits per heavy atom. The summed E-state index contributed by atoms with van der Waals surface area (Å²) in [6, 6.07) is 0. The minimum absolute atomic E-state index is 0.557. The molecule has 0 radical (unpaired) electrons. The van der Waals surface area contributed by atoms with Crippen LogP contribution in [-0.4, -0.2) is 52.1 Å². The Kier molecular flexibility index (Phi) is 3.71. The van der Waals surface area contributed by atoms with Gasteiger partial charge in [0, 0.05) is 0 Å². The fraction of sp³-hybridized carbons (Fsp3) is 0.800. The van der Waals surface area contributed by atoms with Crippen LogP contribution in [0.1, 0.15) is 13.8 Å². The highest BCUT2D eigenvalue weighted by Gasteiger charge is 2.45. The van der Waals surface area contributed by atoms with Crippen LogP contribution < -0.4 is 0 Å². The van der Waals surface area contributed by atoms with Crippen molar-refractivity contribution in [3.8, 4) is 12.3 Å². The summed E-state index contributed by atoms with van der Waals surface area (Å²) in [5.41, 5.74) is 0. The van der Waals surface area contributed by atoms with Crippen LogP contribution in [0.3, 0.4) is 0 Å². The molecule has 5 nitrogen and oxygen atoms in total. The number of ether oxygens (including phenoxy) is 2. The third-order valence-electron chi connectivity index (χ3n) is 2.21. The fourth-order valence-electron chi connectivity index (χ4n) is 1.49. The molecule has 0 aromatic carbocycles. The summed E-state index contributed by atoms with van der Waals surface area (Å²) in [6.07, 6.45) is 1.11. The number of aliphatic hydroxyl groups excluding tert-OH is 3. The molecule has 0 aromatic heterocycles. The first-order valence-corrected chi connectivity index (χ1v) is 4.70. The first-order valence-electron chi connectivity index (χ1n) is 4.70. The van der Waals surface area contributed by atoms with Gasteiger partial charge in [0.15, 0.2) is 5.79 Å². The average molecular weight is 216 g/mol. The van der Waals surface area contributed by atoms with Gasteiger partial charge in [0.05, 0.1) is 6.61 Å². The zero-order valence-electron chi connectivity index (χ0n) is 8.75. The molecule has 1 aliphatic heterocycles. The second-order valence-electron chi connectivity index (χ2n) is 3.93. The van der Waals surface area contributed by atoms with E-state index in [4.69, 9.17) is 21.0 Å². The third-order valence-corrected chi connectivity index (χ3v) is 2.21. The van der Waals surface area contributed by atoms with Crippen LogP contribution in [-0.2, 0) is 9.47 Å². The number of rotatable bonds is 3. The lowest BCUT2D eigenvalue weighted by atomic mass is 10.0. The summed E-state index contributed by atoms with van der Waals surface area (Å²) >= 11 is 0. The monoisotopic (exact) mass is 216 g/mol. The number of hydrogen-bond acceptors (Lipinski definition) is 5.